The molecule has 154 valence electrons. The Balaban J connectivity index is 1.63. The molecule has 1 aliphatic heterocycles. The first kappa shape index (κ1) is 19.8. The first-order chi connectivity index (χ1) is 14.5. The smallest absolute Gasteiger partial charge is 0.227 e. The van der Waals surface area contributed by atoms with Gasteiger partial charge in [-0.2, -0.15) is 0 Å². The third-order valence-corrected chi connectivity index (χ3v) is 5.59. The molecule has 4 rings (SSSR count). The number of aryl methyl sites for hydroxylation is 2. The van der Waals surface area contributed by atoms with E-state index >= 15 is 0 Å². The van der Waals surface area contributed by atoms with Crippen LogP contribution in [0.5, 0.6) is 17.2 Å². The molecular formula is C25H26N2O3. The van der Waals surface area contributed by atoms with Gasteiger partial charge < -0.3 is 20.1 Å². The molecule has 0 aromatic heterocycles. The number of nitrogen functional groups attached to an aromatic ring is 1. The van der Waals surface area contributed by atoms with E-state index in [1.165, 1.54) is 0 Å². The van der Waals surface area contributed by atoms with Crippen LogP contribution < -0.4 is 20.1 Å². The van der Waals surface area contributed by atoms with E-state index in [4.69, 9.17) is 15.2 Å². The minimum absolute atomic E-state index is 0.0742. The highest BCUT2D eigenvalue weighted by atomic mass is 16.5. The van der Waals surface area contributed by atoms with Crippen LogP contribution >= 0.6 is 0 Å². The zero-order valence-corrected chi connectivity index (χ0v) is 17.5. The van der Waals surface area contributed by atoms with E-state index in [0.717, 1.165) is 28.1 Å². The number of nitrogens with zero attached hydrogens (tertiary/aromatic N) is 1. The maximum Gasteiger partial charge on any atom is 0.227 e. The maximum absolute atomic E-state index is 12.7. The number of anilines is 2. The second kappa shape index (κ2) is 8.11. The van der Waals surface area contributed by atoms with Crippen molar-refractivity contribution in [2.75, 3.05) is 24.3 Å². The van der Waals surface area contributed by atoms with Gasteiger partial charge in [-0.05, 0) is 60.9 Å². The van der Waals surface area contributed by atoms with E-state index in [2.05, 4.69) is 0 Å². The van der Waals surface area contributed by atoms with Crippen molar-refractivity contribution in [1.29, 1.82) is 0 Å². The zero-order valence-electron chi connectivity index (χ0n) is 17.5. The molecule has 30 heavy (non-hydrogen) atoms. The SMILES string of the molecule is COc1ccc(C2CC(=O)N(c3cccc(N)c3)C2)cc1Oc1c(C)cccc1C. The maximum atomic E-state index is 12.7. The van der Waals surface area contributed by atoms with Gasteiger partial charge in [-0.1, -0.05) is 30.3 Å². The number of benzene rings is 3. The molecule has 0 radical (unpaired) electrons. The quantitative estimate of drug-likeness (QED) is 0.595. The summed E-state index contributed by atoms with van der Waals surface area (Å²) in [5.41, 5.74) is 10.6. The van der Waals surface area contributed by atoms with Crippen LogP contribution in [0.1, 0.15) is 29.0 Å². The summed E-state index contributed by atoms with van der Waals surface area (Å²) in [6.45, 7) is 4.66. The normalized spacial score (nSPS) is 16.0. The van der Waals surface area contributed by atoms with Gasteiger partial charge in [0.2, 0.25) is 5.91 Å². The van der Waals surface area contributed by atoms with E-state index in [-0.39, 0.29) is 11.8 Å². The molecule has 1 aliphatic rings. The van der Waals surface area contributed by atoms with Gasteiger partial charge in [-0.15, -0.1) is 0 Å². The summed E-state index contributed by atoms with van der Waals surface area (Å²) in [4.78, 5) is 14.5. The Hall–Kier alpha value is -3.47. The van der Waals surface area contributed by atoms with Crippen LogP contribution in [0, 0.1) is 13.8 Å². The number of carbonyl (C=O) groups is 1. The molecular weight excluding hydrogens is 376 g/mol. The largest absolute Gasteiger partial charge is 0.493 e. The van der Waals surface area contributed by atoms with Crippen LogP contribution in [0.3, 0.4) is 0 Å². The van der Waals surface area contributed by atoms with Gasteiger partial charge in [-0.3, -0.25) is 4.79 Å². The Morgan fingerprint density at radius 1 is 0.967 bits per heavy atom. The molecule has 1 heterocycles. The summed E-state index contributed by atoms with van der Waals surface area (Å²) in [5.74, 6) is 2.32. The van der Waals surface area contributed by atoms with E-state index in [9.17, 15) is 4.79 Å². The lowest BCUT2D eigenvalue weighted by atomic mass is 9.98. The van der Waals surface area contributed by atoms with Crippen LogP contribution in [0.15, 0.2) is 60.7 Å². The van der Waals surface area contributed by atoms with Gasteiger partial charge in [0.25, 0.3) is 0 Å². The molecule has 3 aromatic rings. The molecule has 1 saturated heterocycles. The molecule has 2 N–H and O–H groups in total. The Bertz CT molecular complexity index is 1070. The number of ether oxygens (including phenoxy) is 2. The molecule has 1 fully saturated rings. The fourth-order valence-electron chi connectivity index (χ4n) is 3.97. The van der Waals surface area contributed by atoms with Crippen LogP contribution in [0.4, 0.5) is 11.4 Å². The van der Waals surface area contributed by atoms with E-state index in [1.807, 2.05) is 74.5 Å². The molecule has 1 amide bonds. The molecule has 1 unspecified atom stereocenters. The first-order valence-corrected chi connectivity index (χ1v) is 10.0. The second-order valence-corrected chi connectivity index (χ2v) is 7.73. The lowest BCUT2D eigenvalue weighted by Gasteiger charge is -2.19. The fraction of sp³-hybridized carbons (Fsp3) is 0.240. The Morgan fingerprint density at radius 2 is 1.70 bits per heavy atom. The van der Waals surface area contributed by atoms with Gasteiger partial charge in [0.15, 0.2) is 11.5 Å². The zero-order chi connectivity index (χ0) is 21.3. The third-order valence-electron chi connectivity index (χ3n) is 5.59. The van der Waals surface area contributed by atoms with Gasteiger partial charge in [0, 0.05) is 30.3 Å². The molecule has 0 spiro atoms. The highest BCUT2D eigenvalue weighted by Gasteiger charge is 2.32. The first-order valence-electron chi connectivity index (χ1n) is 10.0. The molecule has 0 aliphatic carbocycles. The van der Waals surface area contributed by atoms with Gasteiger partial charge in [0.05, 0.1) is 7.11 Å². The van der Waals surface area contributed by atoms with Crippen LogP contribution in [0.25, 0.3) is 0 Å². The summed E-state index contributed by atoms with van der Waals surface area (Å²) in [7, 11) is 1.63. The Labute approximate surface area is 177 Å². The number of methoxy groups -OCH3 is 1. The average molecular weight is 402 g/mol. The van der Waals surface area contributed by atoms with Crippen molar-refractivity contribution in [1.82, 2.24) is 0 Å². The molecule has 5 heteroatoms. The second-order valence-electron chi connectivity index (χ2n) is 7.73. The monoisotopic (exact) mass is 402 g/mol. The van der Waals surface area contributed by atoms with Crippen LogP contribution in [0.2, 0.25) is 0 Å². The molecule has 0 bridgehead atoms. The van der Waals surface area contributed by atoms with Crippen molar-refractivity contribution in [2.45, 2.75) is 26.2 Å². The summed E-state index contributed by atoms with van der Waals surface area (Å²) in [6, 6.07) is 19.4. The summed E-state index contributed by atoms with van der Waals surface area (Å²) in [5, 5.41) is 0. The summed E-state index contributed by atoms with van der Waals surface area (Å²) < 4.78 is 11.8. The standard InChI is InChI=1S/C25H26N2O3/c1-16-6-4-7-17(2)25(16)30-23-12-18(10-11-22(23)29-3)19-13-24(28)27(15-19)21-9-5-8-20(26)14-21/h4-12,14,19H,13,15,26H2,1-3H3. The van der Waals surface area contributed by atoms with Crippen LogP contribution in [-0.2, 0) is 4.79 Å². The molecule has 0 saturated carbocycles. The number of amides is 1. The predicted octanol–water partition coefficient (Wildman–Crippen LogP) is 5.21. The lowest BCUT2D eigenvalue weighted by molar-refractivity contribution is -0.117. The highest BCUT2D eigenvalue weighted by Crippen LogP contribution is 2.39. The predicted molar refractivity (Wildman–Crippen MR) is 120 cm³/mol. The minimum atomic E-state index is 0.0742. The topological polar surface area (TPSA) is 64.8 Å². The van der Waals surface area contributed by atoms with E-state index < -0.39 is 0 Å². The molecule has 5 nitrogen and oxygen atoms in total. The van der Waals surface area contributed by atoms with Gasteiger partial charge in [-0.25, -0.2) is 0 Å². The third kappa shape index (κ3) is 3.83. The Morgan fingerprint density at radius 3 is 2.40 bits per heavy atom. The van der Waals surface area contributed by atoms with Crippen molar-refractivity contribution >= 4 is 17.3 Å². The van der Waals surface area contributed by atoms with E-state index in [1.54, 1.807) is 12.0 Å². The van der Waals surface area contributed by atoms with Crippen molar-refractivity contribution < 1.29 is 14.3 Å². The van der Waals surface area contributed by atoms with Crippen molar-refractivity contribution in [3.8, 4) is 17.2 Å². The number of hydrogen-bond acceptors (Lipinski definition) is 4. The van der Waals surface area contributed by atoms with Gasteiger partial charge in [0.1, 0.15) is 5.75 Å². The van der Waals surface area contributed by atoms with E-state index in [0.29, 0.717) is 30.2 Å². The van der Waals surface area contributed by atoms with Crippen LogP contribution in [-0.4, -0.2) is 19.6 Å². The van der Waals surface area contributed by atoms with Crippen molar-refractivity contribution in [3.63, 3.8) is 0 Å². The number of rotatable bonds is 5. The van der Waals surface area contributed by atoms with Gasteiger partial charge >= 0.3 is 0 Å². The minimum Gasteiger partial charge on any atom is -0.493 e. The summed E-state index contributed by atoms with van der Waals surface area (Å²) >= 11 is 0. The lowest BCUT2D eigenvalue weighted by Crippen LogP contribution is -2.24. The highest BCUT2D eigenvalue weighted by molar-refractivity contribution is 5.96. The number of hydrogen-bond donors (Lipinski definition) is 1. The molecule has 3 aromatic carbocycles. The van der Waals surface area contributed by atoms with Crippen molar-refractivity contribution in [2.24, 2.45) is 0 Å². The van der Waals surface area contributed by atoms with Crippen molar-refractivity contribution in [3.05, 3.63) is 77.4 Å². The Kier molecular flexibility index (Phi) is 5.36. The average Bonchev–Trinajstić information content (AvgIpc) is 3.12. The number of carbonyl (C=O) groups excluding carboxylic acids is 1. The number of para-hydroxylation sites is 1. The fourth-order valence-corrected chi connectivity index (χ4v) is 3.97. The number of nitrogens with two attached hydrogens (primary N) is 1. The molecule has 1 atom stereocenters. The summed E-state index contributed by atoms with van der Waals surface area (Å²) in [6.07, 6.45) is 0.448.